The highest BCUT2D eigenvalue weighted by Gasteiger charge is 2.15. The predicted molar refractivity (Wildman–Crippen MR) is 147 cm³/mol. The Balaban J connectivity index is 0.000000181. The van der Waals surface area contributed by atoms with Crippen LogP contribution in [0.5, 0.6) is 0 Å². The molecule has 0 aliphatic rings. The fourth-order valence-corrected chi connectivity index (χ4v) is 7.40. The number of thioether (sulfide) groups is 1. The molecular weight excluding hydrogens is 517 g/mol. The number of hydrogen-bond donors (Lipinski definition) is 2. The Morgan fingerprint density at radius 3 is 2.03 bits per heavy atom. The second-order valence-electron chi connectivity index (χ2n) is 6.59. The van der Waals surface area contributed by atoms with E-state index in [1.54, 1.807) is 64.2 Å². The molecule has 4 heterocycles. The third kappa shape index (κ3) is 5.83. The summed E-state index contributed by atoms with van der Waals surface area (Å²) in [6, 6.07) is 4.02. The van der Waals surface area contributed by atoms with Crippen molar-refractivity contribution in [3.63, 3.8) is 0 Å². The summed E-state index contributed by atoms with van der Waals surface area (Å²) >= 11 is 13.3. The van der Waals surface area contributed by atoms with Crippen molar-refractivity contribution in [2.75, 3.05) is 13.4 Å². The molecule has 0 aliphatic carbocycles. The van der Waals surface area contributed by atoms with Gasteiger partial charge in [0.15, 0.2) is 0 Å². The predicted octanol–water partition coefficient (Wildman–Crippen LogP) is 7.00. The topological polar surface area (TPSA) is 84.9 Å². The van der Waals surface area contributed by atoms with E-state index >= 15 is 0 Å². The third-order valence-electron chi connectivity index (χ3n) is 4.15. The average molecular weight is 539 g/mol. The van der Waals surface area contributed by atoms with Crippen LogP contribution in [0, 0.1) is 26.2 Å². The second-order valence-corrected chi connectivity index (χ2v) is 12.1. The quantitative estimate of drug-likeness (QED) is 0.123. The first kappa shape index (κ1) is 25.0. The molecule has 0 amide bonds. The molecule has 3 N–H and O–H groups in total. The number of nitrogens with two attached hydrogens (primary N) is 1. The van der Waals surface area contributed by atoms with Gasteiger partial charge in [-0.25, -0.2) is 9.97 Å². The van der Waals surface area contributed by atoms with Gasteiger partial charge in [0.2, 0.25) is 5.05 Å². The van der Waals surface area contributed by atoms with Crippen molar-refractivity contribution in [1.29, 1.82) is 5.41 Å². The van der Waals surface area contributed by atoms with Crippen LogP contribution < -0.4 is 5.73 Å². The molecule has 0 aromatic carbocycles. The summed E-state index contributed by atoms with van der Waals surface area (Å²) in [6.07, 6.45) is 2.03. The minimum atomic E-state index is 0.125. The number of ether oxygens (including phenoxy) is 1. The number of nitrogen functional groups attached to an aromatic ring is 1. The molecule has 0 aliphatic heterocycles. The van der Waals surface area contributed by atoms with E-state index in [0.717, 1.165) is 42.3 Å². The van der Waals surface area contributed by atoms with Crippen LogP contribution >= 0.6 is 69.3 Å². The number of nitrogens with one attached hydrogen (secondary N) is 1. The molecule has 0 bridgehead atoms. The van der Waals surface area contributed by atoms with Crippen LogP contribution in [0.25, 0.3) is 21.1 Å². The van der Waals surface area contributed by atoms with Crippen molar-refractivity contribution < 1.29 is 4.74 Å². The van der Waals surface area contributed by atoms with Crippen molar-refractivity contribution >= 4 is 80.2 Å². The van der Waals surface area contributed by atoms with E-state index < -0.39 is 0 Å². The zero-order valence-corrected chi connectivity index (χ0v) is 23.0. The number of methoxy groups -OCH3 is 1. The summed E-state index contributed by atoms with van der Waals surface area (Å²) in [6.45, 7) is 6.07. The molecule has 0 saturated heterocycles. The Morgan fingerprint density at radius 1 is 1.00 bits per heavy atom. The van der Waals surface area contributed by atoms with Crippen molar-refractivity contribution in [3.05, 3.63) is 48.9 Å². The average Bonchev–Trinajstić information content (AvgIpc) is 3.54. The molecule has 0 fully saturated rings. The maximum atomic E-state index is 7.45. The van der Waals surface area contributed by atoms with Gasteiger partial charge in [-0.2, -0.15) is 0 Å². The summed E-state index contributed by atoms with van der Waals surface area (Å²) in [5.41, 5.74) is 9.85. The van der Waals surface area contributed by atoms with Crippen molar-refractivity contribution in [2.24, 2.45) is 5.73 Å². The highest BCUT2D eigenvalue weighted by Crippen LogP contribution is 2.39. The van der Waals surface area contributed by atoms with Gasteiger partial charge in [-0.3, -0.25) is 5.41 Å². The van der Waals surface area contributed by atoms with Gasteiger partial charge >= 0.3 is 0 Å². The number of thiophene rings is 2. The fourth-order valence-electron chi connectivity index (χ4n) is 2.66. The number of amidine groups is 1. The van der Waals surface area contributed by atoms with E-state index in [4.69, 9.17) is 28.1 Å². The Hall–Kier alpha value is -1.63. The monoisotopic (exact) mass is 538 g/mol. The fraction of sp³-hybridized carbons (Fsp3) is 0.238. The molecule has 5 nitrogen and oxygen atoms in total. The van der Waals surface area contributed by atoms with Gasteiger partial charge in [0.1, 0.15) is 15.9 Å². The number of thiazole rings is 2. The lowest BCUT2D eigenvalue weighted by molar-refractivity contribution is 0.417. The lowest BCUT2D eigenvalue weighted by atomic mass is 10.2. The van der Waals surface area contributed by atoms with Crippen molar-refractivity contribution in [2.45, 2.75) is 25.0 Å². The largest absolute Gasteiger partial charge is 0.486 e. The molecule has 11 heteroatoms. The molecular formula is C21H22N4OS6. The van der Waals surface area contributed by atoms with Gasteiger partial charge in [-0.05, 0) is 51.4 Å². The van der Waals surface area contributed by atoms with Crippen molar-refractivity contribution in [3.8, 4) is 21.1 Å². The highest BCUT2D eigenvalue weighted by molar-refractivity contribution is 8.00. The first-order valence-corrected chi connectivity index (χ1v) is 14.3. The summed E-state index contributed by atoms with van der Waals surface area (Å²) in [5, 5.41) is 14.1. The number of rotatable bonds is 5. The minimum Gasteiger partial charge on any atom is -0.486 e. The molecule has 0 spiro atoms. The standard InChI is InChI=1S/C11H11NOS3.C10H11N3S3/c1-6-5-15-10(12-6)8-4-9(11(14)13-3)16-7(8)2;1-5-4-15-9(13-5)6-3-7(8(11)12)16-10(6)14-2/h4-5H,1-3H3;3-4H,1-2H3,(H3,11,12). The molecule has 168 valence electrons. The number of aromatic nitrogens is 2. The van der Waals surface area contributed by atoms with E-state index in [-0.39, 0.29) is 5.84 Å². The SMILES string of the molecule is COC(=S)c1cc(-c2nc(C)cs2)c(C)s1.CSc1sc(C(=N)N)cc1-c1nc(C)cs1. The second kappa shape index (κ2) is 11.0. The molecule has 32 heavy (non-hydrogen) atoms. The molecule has 0 unspecified atom stereocenters. The molecule has 4 aromatic heterocycles. The summed E-state index contributed by atoms with van der Waals surface area (Å²) in [7, 11) is 1.60. The Labute approximate surface area is 213 Å². The maximum absolute atomic E-state index is 7.45. The van der Waals surface area contributed by atoms with E-state index in [0.29, 0.717) is 5.05 Å². The van der Waals surface area contributed by atoms with Gasteiger partial charge in [-0.1, -0.05) is 0 Å². The Bertz CT molecular complexity index is 1250. The zero-order valence-electron chi connectivity index (χ0n) is 18.1. The van der Waals surface area contributed by atoms with Crippen LogP contribution in [-0.4, -0.2) is 34.2 Å². The van der Waals surface area contributed by atoms with Crippen LogP contribution in [0.4, 0.5) is 0 Å². The van der Waals surface area contributed by atoms with E-state index in [9.17, 15) is 0 Å². The van der Waals surface area contributed by atoms with Crippen LogP contribution in [0.1, 0.15) is 26.0 Å². The Morgan fingerprint density at radius 2 is 1.56 bits per heavy atom. The summed E-state index contributed by atoms with van der Waals surface area (Å²) in [4.78, 5) is 12.0. The van der Waals surface area contributed by atoms with E-state index in [1.165, 1.54) is 9.09 Å². The van der Waals surface area contributed by atoms with E-state index in [1.807, 2.05) is 31.5 Å². The number of aryl methyl sites for hydroxylation is 3. The van der Waals surface area contributed by atoms with Gasteiger partial charge in [-0.15, -0.1) is 57.1 Å². The first-order chi connectivity index (χ1) is 15.2. The number of hydrogen-bond acceptors (Lipinski definition) is 10. The highest BCUT2D eigenvalue weighted by atomic mass is 32.2. The smallest absolute Gasteiger partial charge is 0.201 e. The molecule has 4 aromatic rings. The lowest BCUT2D eigenvalue weighted by Crippen LogP contribution is -2.08. The number of thiocarbonyl (C=S) groups is 1. The third-order valence-corrected chi connectivity index (χ3v) is 10.0. The normalized spacial score (nSPS) is 10.5. The number of nitrogens with zero attached hydrogens (tertiary/aromatic N) is 2. The van der Waals surface area contributed by atoms with Crippen LogP contribution in [-0.2, 0) is 4.74 Å². The van der Waals surface area contributed by atoms with Crippen LogP contribution in [0.3, 0.4) is 0 Å². The molecule has 4 rings (SSSR count). The van der Waals surface area contributed by atoms with E-state index in [2.05, 4.69) is 28.3 Å². The maximum Gasteiger partial charge on any atom is 0.201 e. The van der Waals surface area contributed by atoms with Crippen LogP contribution in [0.15, 0.2) is 27.1 Å². The van der Waals surface area contributed by atoms with Gasteiger partial charge in [0, 0.05) is 38.2 Å². The lowest BCUT2D eigenvalue weighted by Gasteiger charge is -1.95. The van der Waals surface area contributed by atoms with Crippen LogP contribution in [0.2, 0.25) is 0 Å². The Kier molecular flexibility index (Phi) is 8.59. The summed E-state index contributed by atoms with van der Waals surface area (Å²) < 4.78 is 6.24. The zero-order chi connectivity index (χ0) is 23.4. The first-order valence-electron chi connectivity index (χ1n) is 9.29. The van der Waals surface area contributed by atoms with Gasteiger partial charge in [0.25, 0.3) is 0 Å². The summed E-state index contributed by atoms with van der Waals surface area (Å²) in [5.74, 6) is 0.125. The molecule has 0 radical (unpaired) electrons. The van der Waals surface area contributed by atoms with Crippen molar-refractivity contribution in [1.82, 2.24) is 9.97 Å². The molecule has 0 atom stereocenters. The van der Waals surface area contributed by atoms with Gasteiger partial charge in [0.05, 0.1) is 21.1 Å². The molecule has 0 saturated carbocycles. The minimum absolute atomic E-state index is 0.125. The van der Waals surface area contributed by atoms with Gasteiger partial charge < -0.3 is 10.5 Å².